The van der Waals surface area contributed by atoms with Crippen LogP contribution in [0.25, 0.3) is 0 Å². The number of hydrogen-bond donors (Lipinski definition) is 1. The van der Waals surface area contributed by atoms with E-state index in [9.17, 15) is 5.11 Å². The van der Waals surface area contributed by atoms with Gasteiger partial charge in [-0.15, -0.1) is 0 Å². The number of ether oxygens (including phenoxy) is 1. The van der Waals surface area contributed by atoms with Crippen molar-refractivity contribution in [3.8, 4) is 0 Å². The molecule has 4 aliphatic carbocycles. The van der Waals surface area contributed by atoms with Crippen molar-refractivity contribution < 1.29 is 9.84 Å². The molecule has 0 aromatic rings. The fourth-order valence-corrected chi connectivity index (χ4v) is 9.68. The molecule has 4 saturated carbocycles. The Kier molecular flexibility index (Phi) is 4.99. The molecular formula is C27H46O2. The number of aliphatic hydroxyl groups excluding tert-OH is 1. The van der Waals surface area contributed by atoms with Crippen LogP contribution in [0.1, 0.15) is 105 Å². The van der Waals surface area contributed by atoms with Crippen molar-refractivity contribution in [1.82, 2.24) is 0 Å². The fourth-order valence-electron chi connectivity index (χ4n) is 9.68. The van der Waals surface area contributed by atoms with Gasteiger partial charge < -0.3 is 9.84 Å². The molecule has 5 rings (SSSR count). The first kappa shape index (κ1) is 20.8. The van der Waals surface area contributed by atoms with Gasteiger partial charge in [0.2, 0.25) is 0 Å². The highest BCUT2D eigenvalue weighted by Gasteiger charge is 2.76. The first-order valence-corrected chi connectivity index (χ1v) is 13.1. The summed E-state index contributed by atoms with van der Waals surface area (Å²) in [6, 6.07) is 0. The second-order valence-electron chi connectivity index (χ2n) is 13.0. The minimum Gasteiger partial charge on any atom is -0.393 e. The van der Waals surface area contributed by atoms with Crippen molar-refractivity contribution in [3.05, 3.63) is 0 Å². The van der Waals surface area contributed by atoms with E-state index < -0.39 is 0 Å². The van der Waals surface area contributed by atoms with Gasteiger partial charge >= 0.3 is 0 Å². The Morgan fingerprint density at radius 2 is 1.76 bits per heavy atom. The molecule has 5 fully saturated rings. The van der Waals surface area contributed by atoms with Crippen LogP contribution in [0.4, 0.5) is 0 Å². The summed E-state index contributed by atoms with van der Waals surface area (Å²) < 4.78 is 6.51. The summed E-state index contributed by atoms with van der Waals surface area (Å²) in [6.07, 6.45) is 14.8. The average molecular weight is 403 g/mol. The normalized spacial score (nSPS) is 54.3. The highest BCUT2D eigenvalue weighted by molar-refractivity contribution is 5.24. The SMILES string of the molecule is CC(C)CCCC(C)[C@H]1CCC2C3CC4OC45C[C@@H](O)CC[C@]5(C)C3CC[C@@]21C. The molecule has 0 radical (unpaired) electrons. The second-order valence-corrected chi connectivity index (χ2v) is 13.0. The lowest BCUT2D eigenvalue weighted by Crippen LogP contribution is -2.58. The topological polar surface area (TPSA) is 32.8 Å². The van der Waals surface area contributed by atoms with Crippen LogP contribution in [0.5, 0.6) is 0 Å². The maximum absolute atomic E-state index is 10.4. The second kappa shape index (κ2) is 6.96. The molecule has 166 valence electrons. The Labute approximate surface area is 179 Å². The van der Waals surface area contributed by atoms with E-state index in [1.54, 1.807) is 0 Å². The van der Waals surface area contributed by atoms with E-state index in [0.29, 0.717) is 16.9 Å². The molecule has 2 nitrogen and oxygen atoms in total. The van der Waals surface area contributed by atoms with Crippen molar-refractivity contribution >= 4 is 0 Å². The Balaban J connectivity index is 1.33. The van der Waals surface area contributed by atoms with E-state index in [1.165, 1.54) is 57.8 Å². The summed E-state index contributed by atoms with van der Waals surface area (Å²) in [4.78, 5) is 0. The van der Waals surface area contributed by atoms with Gasteiger partial charge in [0.25, 0.3) is 0 Å². The van der Waals surface area contributed by atoms with Gasteiger partial charge in [0.05, 0.1) is 12.2 Å². The van der Waals surface area contributed by atoms with Crippen molar-refractivity contribution in [2.75, 3.05) is 0 Å². The number of rotatable bonds is 5. The Morgan fingerprint density at radius 1 is 0.966 bits per heavy atom. The maximum Gasteiger partial charge on any atom is 0.103 e. The average Bonchev–Trinajstić information content (AvgIpc) is 3.22. The molecule has 1 spiro atoms. The number of epoxide rings is 1. The van der Waals surface area contributed by atoms with Crippen molar-refractivity contribution in [3.63, 3.8) is 0 Å². The van der Waals surface area contributed by atoms with Gasteiger partial charge in [-0.25, -0.2) is 0 Å². The van der Waals surface area contributed by atoms with E-state index in [-0.39, 0.29) is 11.7 Å². The summed E-state index contributed by atoms with van der Waals surface area (Å²) in [5, 5.41) is 10.4. The summed E-state index contributed by atoms with van der Waals surface area (Å²) >= 11 is 0. The quantitative estimate of drug-likeness (QED) is 0.525. The number of aliphatic hydroxyl groups is 1. The highest BCUT2D eigenvalue weighted by Crippen LogP contribution is 2.74. The largest absolute Gasteiger partial charge is 0.393 e. The van der Waals surface area contributed by atoms with Gasteiger partial charge in [0.1, 0.15) is 5.60 Å². The molecule has 0 amide bonds. The van der Waals surface area contributed by atoms with Crippen molar-refractivity contribution in [1.29, 1.82) is 0 Å². The van der Waals surface area contributed by atoms with Crippen molar-refractivity contribution in [2.45, 2.75) is 123 Å². The molecule has 1 N–H and O–H groups in total. The van der Waals surface area contributed by atoms with E-state index in [2.05, 4.69) is 34.6 Å². The molecule has 1 heterocycles. The Morgan fingerprint density at radius 3 is 2.52 bits per heavy atom. The van der Waals surface area contributed by atoms with Crippen LogP contribution in [0.3, 0.4) is 0 Å². The third-order valence-corrected chi connectivity index (χ3v) is 11.3. The summed E-state index contributed by atoms with van der Waals surface area (Å²) in [5.74, 6) is 5.31. The van der Waals surface area contributed by atoms with Crippen LogP contribution in [-0.4, -0.2) is 22.9 Å². The minimum absolute atomic E-state index is 0.0434. The molecule has 6 unspecified atom stereocenters. The van der Waals surface area contributed by atoms with Gasteiger partial charge in [-0.2, -0.15) is 0 Å². The van der Waals surface area contributed by atoms with Gasteiger partial charge in [-0.1, -0.05) is 53.9 Å². The van der Waals surface area contributed by atoms with Crippen LogP contribution in [0.2, 0.25) is 0 Å². The number of fused-ring (bicyclic) bond motifs is 4. The fraction of sp³-hybridized carbons (Fsp3) is 1.00. The minimum atomic E-state index is -0.124. The van der Waals surface area contributed by atoms with E-state index in [0.717, 1.165) is 48.3 Å². The lowest BCUT2D eigenvalue weighted by Gasteiger charge is -2.59. The molecule has 1 saturated heterocycles. The Hall–Kier alpha value is -0.0800. The van der Waals surface area contributed by atoms with Crippen LogP contribution >= 0.6 is 0 Å². The molecule has 5 aliphatic rings. The highest BCUT2D eigenvalue weighted by atomic mass is 16.6. The van der Waals surface area contributed by atoms with Gasteiger partial charge in [0, 0.05) is 11.8 Å². The van der Waals surface area contributed by atoms with Crippen LogP contribution in [0.15, 0.2) is 0 Å². The van der Waals surface area contributed by atoms with Crippen molar-refractivity contribution in [2.24, 2.45) is 46.3 Å². The lowest BCUT2D eigenvalue weighted by molar-refractivity contribution is -0.116. The predicted molar refractivity (Wildman–Crippen MR) is 119 cm³/mol. The van der Waals surface area contributed by atoms with Crippen LogP contribution in [0, 0.1) is 46.3 Å². The molecule has 0 aromatic carbocycles. The first-order chi connectivity index (χ1) is 13.7. The number of hydrogen-bond acceptors (Lipinski definition) is 2. The standard InChI is InChI=1S/C27H46O2/c1-17(2)7-6-8-18(3)21-9-10-22-20-15-24-27(29-24)16-19(28)11-14-26(27,5)23(20)12-13-25(21,22)4/h17-24,28H,6-16H2,1-5H3/t18?,19-,20?,21+,22?,23?,24?,25+,26+,27?/m0/s1. The first-order valence-electron chi connectivity index (χ1n) is 13.1. The molecule has 2 heteroatoms. The third kappa shape index (κ3) is 2.94. The van der Waals surface area contributed by atoms with Crippen LogP contribution in [-0.2, 0) is 4.74 Å². The van der Waals surface area contributed by atoms with Gasteiger partial charge in [0.15, 0.2) is 0 Å². The zero-order chi connectivity index (χ0) is 20.6. The summed E-state index contributed by atoms with van der Waals surface area (Å²) in [6.45, 7) is 12.6. The van der Waals surface area contributed by atoms with Crippen LogP contribution < -0.4 is 0 Å². The molecule has 1 aliphatic heterocycles. The molecule has 0 aromatic heterocycles. The smallest absolute Gasteiger partial charge is 0.103 e. The molecule has 29 heavy (non-hydrogen) atoms. The van der Waals surface area contributed by atoms with E-state index >= 15 is 0 Å². The molecule has 0 bridgehead atoms. The summed E-state index contributed by atoms with van der Waals surface area (Å²) in [7, 11) is 0. The maximum atomic E-state index is 10.4. The summed E-state index contributed by atoms with van der Waals surface area (Å²) in [5.41, 5.74) is 0.932. The Bertz CT molecular complexity index is 630. The third-order valence-electron chi connectivity index (χ3n) is 11.3. The van der Waals surface area contributed by atoms with Gasteiger partial charge in [-0.3, -0.25) is 0 Å². The molecule has 10 atom stereocenters. The molecular weight excluding hydrogens is 356 g/mol. The lowest BCUT2D eigenvalue weighted by atomic mass is 9.44. The monoisotopic (exact) mass is 402 g/mol. The zero-order valence-electron chi connectivity index (χ0n) is 19.8. The zero-order valence-corrected chi connectivity index (χ0v) is 19.8. The van der Waals surface area contributed by atoms with E-state index in [1.807, 2.05) is 0 Å². The predicted octanol–water partition coefficient (Wildman–Crippen LogP) is 6.60. The van der Waals surface area contributed by atoms with Gasteiger partial charge in [-0.05, 0) is 85.9 Å². The van der Waals surface area contributed by atoms with E-state index in [4.69, 9.17) is 4.74 Å².